The van der Waals surface area contributed by atoms with Gasteiger partial charge in [0.25, 0.3) is 5.91 Å². The molecule has 0 aliphatic heterocycles. The minimum Gasteiger partial charge on any atom is -0.348 e. The molecule has 3 rings (SSSR count). The number of thiophene rings is 1. The second-order valence-corrected chi connectivity index (χ2v) is 7.36. The molecule has 0 bridgehead atoms. The number of aromatic nitrogens is 1. The first-order chi connectivity index (χ1) is 10.2. The Morgan fingerprint density at radius 1 is 1.52 bits per heavy atom. The zero-order valence-electron chi connectivity index (χ0n) is 12.0. The summed E-state index contributed by atoms with van der Waals surface area (Å²) < 4.78 is 0. The van der Waals surface area contributed by atoms with Gasteiger partial charge in [-0.3, -0.25) is 4.79 Å². The smallest absolute Gasteiger partial charge is 0.263 e. The molecule has 0 spiro atoms. The topological polar surface area (TPSA) is 68.0 Å². The van der Waals surface area contributed by atoms with Crippen LogP contribution in [0.15, 0.2) is 17.5 Å². The zero-order valence-corrected chi connectivity index (χ0v) is 13.6. The van der Waals surface area contributed by atoms with Gasteiger partial charge in [0.2, 0.25) is 0 Å². The zero-order chi connectivity index (χ0) is 14.8. The molecule has 3 N–H and O–H groups in total. The third-order valence-corrected chi connectivity index (χ3v) is 6.21. The lowest BCUT2D eigenvalue weighted by molar-refractivity contribution is 0.0932. The van der Waals surface area contributed by atoms with Gasteiger partial charge < -0.3 is 11.1 Å². The van der Waals surface area contributed by atoms with Crippen LogP contribution < -0.4 is 11.1 Å². The first kappa shape index (κ1) is 14.7. The summed E-state index contributed by atoms with van der Waals surface area (Å²) in [7, 11) is 0. The van der Waals surface area contributed by atoms with E-state index in [1.165, 1.54) is 11.3 Å². The Hall–Kier alpha value is -1.24. The minimum absolute atomic E-state index is 0.00171. The molecule has 2 aromatic heterocycles. The highest BCUT2D eigenvalue weighted by molar-refractivity contribution is 7.22. The Kier molecular flexibility index (Phi) is 4.37. The number of carbonyl (C=O) groups excluding carboxylic acids is 1. The van der Waals surface area contributed by atoms with Crippen molar-refractivity contribution in [2.24, 2.45) is 11.7 Å². The van der Waals surface area contributed by atoms with Gasteiger partial charge in [-0.05, 0) is 43.7 Å². The normalized spacial score (nSPS) is 21.6. The molecule has 1 amide bonds. The molecule has 2 atom stereocenters. The van der Waals surface area contributed by atoms with E-state index in [-0.39, 0.29) is 11.9 Å². The van der Waals surface area contributed by atoms with E-state index in [4.69, 9.17) is 5.73 Å². The van der Waals surface area contributed by atoms with Crippen molar-refractivity contribution in [2.75, 3.05) is 6.54 Å². The summed E-state index contributed by atoms with van der Waals surface area (Å²) in [6.45, 7) is 2.55. The van der Waals surface area contributed by atoms with E-state index in [9.17, 15) is 4.79 Å². The molecule has 1 saturated carbocycles. The maximum absolute atomic E-state index is 12.5. The number of rotatable bonds is 4. The van der Waals surface area contributed by atoms with Crippen molar-refractivity contribution in [1.29, 1.82) is 0 Å². The minimum atomic E-state index is -0.00171. The largest absolute Gasteiger partial charge is 0.348 e. The van der Waals surface area contributed by atoms with Crippen LogP contribution in [0.3, 0.4) is 0 Å². The molecule has 21 heavy (non-hydrogen) atoms. The molecule has 112 valence electrons. The molecule has 0 radical (unpaired) electrons. The van der Waals surface area contributed by atoms with Crippen molar-refractivity contribution in [3.05, 3.63) is 28.1 Å². The fraction of sp³-hybridized carbons (Fsp3) is 0.467. The van der Waals surface area contributed by atoms with Gasteiger partial charge in [-0.15, -0.1) is 22.7 Å². The van der Waals surface area contributed by atoms with Gasteiger partial charge in [0.15, 0.2) is 0 Å². The molecule has 1 aliphatic rings. The lowest BCUT2D eigenvalue weighted by Gasteiger charge is -2.19. The van der Waals surface area contributed by atoms with Crippen molar-refractivity contribution in [3.63, 3.8) is 0 Å². The number of hydrogen-bond donors (Lipinski definition) is 2. The van der Waals surface area contributed by atoms with E-state index >= 15 is 0 Å². The number of nitrogens with one attached hydrogen (secondary N) is 1. The molecule has 0 aromatic carbocycles. The van der Waals surface area contributed by atoms with Crippen LogP contribution in [0.1, 0.15) is 34.6 Å². The summed E-state index contributed by atoms with van der Waals surface area (Å²) in [5, 5.41) is 6.10. The number of carbonyl (C=O) groups is 1. The summed E-state index contributed by atoms with van der Waals surface area (Å²) in [4.78, 5) is 18.9. The Labute approximate surface area is 132 Å². The van der Waals surface area contributed by atoms with Crippen molar-refractivity contribution in [2.45, 2.75) is 32.2 Å². The van der Waals surface area contributed by atoms with Gasteiger partial charge in [0, 0.05) is 6.04 Å². The van der Waals surface area contributed by atoms with Crippen molar-refractivity contribution in [3.8, 4) is 9.88 Å². The molecule has 6 heteroatoms. The van der Waals surface area contributed by atoms with E-state index in [1.54, 1.807) is 11.3 Å². The van der Waals surface area contributed by atoms with Crippen molar-refractivity contribution < 1.29 is 4.79 Å². The van der Waals surface area contributed by atoms with Crippen molar-refractivity contribution >= 4 is 28.6 Å². The Morgan fingerprint density at radius 3 is 3.10 bits per heavy atom. The lowest BCUT2D eigenvalue weighted by Crippen LogP contribution is -2.39. The van der Waals surface area contributed by atoms with Gasteiger partial charge in [-0.2, -0.15) is 0 Å². The van der Waals surface area contributed by atoms with Gasteiger partial charge in [0.05, 0.1) is 10.6 Å². The van der Waals surface area contributed by atoms with Crippen LogP contribution in [0.2, 0.25) is 0 Å². The number of hydrogen-bond acceptors (Lipinski definition) is 5. The van der Waals surface area contributed by atoms with Crippen LogP contribution in [0.25, 0.3) is 9.88 Å². The molecular formula is C15H19N3OS2. The molecular weight excluding hydrogens is 302 g/mol. The second kappa shape index (κ2) is 6.25. The number of nitrogens with two attached hydrogens (primary N) is 1. The summed E-state index contributed by atoms with van der Waals surface area (Å²) in [5.74, 6) is 0.414. The second-order valence-electron chi connectivity index (χ2n) is 5.42. The summed E-state index contributed by atoms with van der Waals surface area (Å²) in [5.41, 5.74) is 6.59. The van der Waals surface area contributed by atoms with E-state index in [2.05, 4.69) is 10.3 Å². The summed E-state index contributed by atoms with van der Waals surface area (Å²) >= 11 is 3.12. The molecule has 1 fully saturated rings. The average Bonchev–Trinajstić information content (AvgIpc) is 3.17. The van der Waals surface area contributed by atoms with E-state index < -0.39 is 0 Å². The summed E-state index contributed by atoms with van der Waals surface area (Å²) in [6.07, 6.45) is 3.29. The van der Waals surface area contributed by atoms with Crippen LogP contribution in [0.4, 0.5) is 0 Å². The van der Waals surface area contributed by atoms with Crippen LogP contribution in [-0.4, -0.2) is 23.5 Å². The standard InChI is InChI=1S/C15H19N3OS2/c1-9-13(21-15(17-9)12-6-3-7-20-12)14(19)18-11-5-2-4-10(11)8-16/h3,6-7,10-11H,2,4-5,8,16H2,1H3,(H,18,19). The third kappa shape index (κ3) is 3.02. The molecule has 4 nitrogen and oxygen atoms in total. The number of nitrogens with zero attached hydrogens (tertiary/aromatic N) is 1. The summed E-state index contributed by atoms with van der Waals surface area (Å²) in [6, 6.07) is 4.25. The molecule has 0 saturated heterocycles. The Bertz CT molecular complexity index is 621. The van der Waals surface area contributed by atoms with Crippen molar-refractivity contribution in [1.82, 2.24) is 10.3 Å². The van der Waals surface area contributed by atoms with E-state index in [0.29, 0.717) is 12.5 Å². The maximum Gasteiger partial charge on any atom is 0.263 e. The molecule has 2 unspecified atom stereocenters. The maximum atomic E-state index is 12.5. The highest BCUT2D eigenvalue weighted by Gasteiger charge is 2.28. The van der Waals surface area contributed by atoms with E-state index in [1.807, 2.05) is 24.4 Å². The third-order valence-electron chi connectivity index (χ3n) is 4.01. The first-order valence-electron chi connectivity index (χ1n) is 7.21. The highest BCUT2D eigenvalue weighted by Crippen LogP contribution is 2.31. The quantitative estimate of drug-likeness (QED) is 0.909. The lowest BCUT2D eigenvalue weighted by atomic mass is 10.0. The molecule has 2 heterocycles. The fourth-order valence-corrected chi connectivity index (χ4v) is 4.62. The van der Waals surface area contributed by atoms with Gasteiger partial charge in [-0.1, -0.05) is 12.5 Å². The molecule has 1 aliphatic carbocycles. The monoisotopic (exact) mass is 321 g/mol. The Balaban J connectivity index is 1.76. The predicted octanol–water partition coefficient (Wildman–Crippen LogP) is 3.04. The number of aryl methyl sites for hydroxylation is 1. The van der Waals surface area contributed by atoms with Crippen LogP contribution >= 0.6 is 22.7 Å². The average molecular weight is 321 g/mol. The Morgan fingerprint density at radius 2 is 2.38 bits per heavy atom. The van der Waals surface area contributed by atoms with Crippen LogP contribution in [0.5, 0.6) is 0 Å². The highest BCUT2D eigenvalue weighted by atomic mass is 32.1. The van der Waals surface area contributed by atoms with E-state index in [0.717, 1.165) is 39.7 Å². The fourth-order valence-electron chi connectivity index (χ4n) is 2.86. The first-order valence-corrected chi connectivity index (χ1v) is 8.91. The SMILES string of the molecule is Cc1nc(-c2cccs2)sc1C(=O)NC1CCCC1CN. The van der Waals surface area contributed by atoms with Gasteiger partial charge in [-0.25, -0.2) is 4.98 Å². The van der Waals surface area contributed by atoms with Gasteiger partial charge >= 0.3 is 0 Å². The van der Waals surface area contributed by atoms with Crippen LogP contribution in [-0.2, 0) is 0 Å². The van der Waals surface area contributed by atoms with Crippen LogP contribution in [0, 0.1) is 12.8 Å². The van der Waals surface area contributed by atoms with Gasteiger partial charge in [0.1, 0.15) is 9.88 Å². The number of thiazole rings is 1. The predicted molar refractivity (Wildman–Crippen MR) is 87.8 cm³/mol. The molecule has 2 aromatic rings. The number of amides is 1.